The molecule has 1 aromatic heterocycles. The minimum Gasteiger partial charge on any atom is -0.465 e. The Kier molecular flexibility index (Phi) is 4.39. The number of aromatic amines is 1. The molecule has 2 rings (SSSR count). The number of methoxy groups -OCH3 is 1. The van der Waals surface area contributed by atoms with Crippen LogP contribution in [0.4, 0.5) is 5.69 Å². The van der Waals surface area contributed by atoms with Gasteiger partial charge in [-0.2, -0.15) is 0 Å². The first kappa shape index (κ1) is 14.8. The summed E-state index contributed by atoms with van der Waals surface area (Å²) in [5.74, 6) is -1.04. The van der Waals surface area contributed by atoms with Crippen LogP contribution in [-0.4, -0.2) is 24.0 Å². The van der Waals surface area contributed by atoms with Crippen LogP contribution in [0.3, 0.4) is 0 Å². The van der Waals surface area contributed by atoms with Crippen LogP contribution in [0.5, 0.6) is 0 Å². The van der Waals surface area contributed by atoms with Crippen LogP contribution < -0.4 is 10.9 Å². The Morgan fingerprint density at radius 3 is 2.38 bits per heavy atom. The molecule has 2 N–H and O–H groups in total. The van der Waals surface area contributed by atoms with Gasteiger partial charge in [-0.3, -0.25) is 9.59 Å². The van der Waals surface area contributed by atoms with Crippen molar-refractivity contribution in [3.63, 3.8) is 0 Å². The van der Waals surface area contributed by atoms with Crippen LogP contribution in [0, 0.1) is 0 Å². The quantitative estimate of drug-likeness (QED) is 0.671. The lowest BCUT2D eigenvalue weighted by Gasteiger charge is -2.05. The molecule has 1 aromatic carbocycles. The van der Waals surface area contributed by atoms with Gasteiger partial charge in [0.05, 0.1) is 12.7 Å². The number of amides is 1. The molecule has 1 amide bonds. The summed E-state index contributed by atoms with van der Waals surface area (Å²) in [4.78, 5) is 37.1. The maximum Gasteiger partial charge on any atom is 0.337 e. The van der Waals surface area contributed by atoms with E-state index in [9.17, 15) is 14.4 Å². The van der Waals surface area contributed by atoms with Crippen molar-refractivity contribution in [1.29, 1.82) is 0 Å². The van der Waals surface area contributed by atoms with E-state index in [0.29, 0.717) is 11.3 Å². The highest BCUT2D eigenvalue weighted by molar-refractivity contribution is 6.29. The number of halogens is 1. The molecule has 0 unspecified atom stereocenters. The Morgan fingerprint density at radius 1 is 1.14 bits per heavy atom. The van der Waals surface area contributed by atoms with Gasteiger partial charge in [0.2, 0.25) is 0 Å². The van der Waals surface area contributed by atoms with Gasteiger partial charge in [0.25, 0.3) is 11.5 Å². The SMILES string of the molecule is COC(=O)c1ccc(NC(=O)c2ccc(Cl)[nH]c2=O)cc1. The van der Waals surface area contributed by atoms with E-state index in [1.54, 1.807) is 0 Å². The molecular formula is C14H11ClN2O4. The van der Waals surface area contributed by atoms with Crippen molar-refractivity contribution < 1.29 is 14.3 Å². The highest BCUT2D eigenvalue weighted by Gasteiger charge is 2.11. The van der Waals surface area contributed by atoms with Gasteiger partial charge < -0.3 is 15.0 Å². The maximum atomic E-state index is 12.0. The summed E-state index contributed by atoms with van der Waals surface area (Å²) in [5.41, 5.74) is 0.171. The molecule has 108 valence electrons. The number of aromatic nitrogens is 1. The zero-order valence-corrected chi connectivity index (χ0v) is 11.7. The number of hydrogen-bond donors (Lipinski definition) is 2. The monoisotopic (exact) mass is 306 g/mol. The van der Waals surface area contributed by atoms with Crippen molar-refractivity contribution in [2.24, 2.45) is 0 Å². The zero-order chi connectivity index (χ0) is 15.4. The average molecular weight is 307 g/mol. The molecule has 0 saturated heterocycles. The van der Waals surface area contributed by atoms with E-state index in [0.717, 1.165) is 0 Å². The Labute approximate surface area is 124 Å². The number of H-pyrrole nitrogens is 1. The standard InChI is InChI=1S/C14H11ClN2O4/c1-21-14(20)8-2-4-9(5-3-8)16-12(18)10-6-7-11(15)17-13(10)19/h2-7H,1H3,(H,16,18)(H,17,19). The third-order valence-corrected chi connectivity index (χ3v) is 2.90. The number of benzene rings is 1. The number of carbonyl (C=O) groups is 2. The van der Waals surface area contributed by atoms with Crippen molar-refractivity contribution in [2.45, 2.75) is 0 Å². The molecule has 0 fully saturated rings. The topological polar surface area (TPSA) is 88.3 Å². The molecule has 0 saturated carbocycles. The van der Waals surface area contributed by atoms with Gasteiger partial charge in [-0.15, -0.1) is 0 Å². The number of hydrogen-bond acceptors (Lipinski definition) is 4. The minimum absolute atomic E-state index is 0.0588. The first-order valence-electron chi connectivity index (χ1n) is 5.90. The van der Waals surface area contributed by atoms with E-state index in [1.807, 2.05) is 0 Å². The third-order valence-electron chi connectivity index (χ3n) is 2.68. The van der Waals surface area contributed by atoms with Gasteiger partial charge in [-0.25, -0.2) is 4.79 Å². The number of esters is 1. The molecule has 0 radical (unpaired) electrons. The maximum absolute atomic E-state index is 12.0. The van der Waals surface area contributed by atoms with E-state index < -0.39 is 17.4 Å². The van der Waals surface area contributed by atoms with Gasteiger partial charge in [0, 0.05) is 5.69 Å². The van der Waals surface area contributed by atoms with Crippen LogP contribution in [0.25, 0.3) is 0 Å². The fraction of sp³-hybridized carbons (Fsp3) is 0.0714. The van der Waals surface area contributed by atoms with Gasteiger partial charge in [-0.05, 0) is 36.4 Å². The summed E-state index contributed by atoms with van der Waals surface area (Å²) in [7, 11) is 1.28. The Morgan fingerprint density at radius 2 is 1.81 bits per heavy atom. The second kappa shape index (κ2) is 6.23. The summed E-state index contributed by atoms with van der Waals surface area (Å²) < 4.78 is 4.57. The first-order valence-corrected chi connectivity index (χ1v) is 6.27. The van der Waals surface area contributed by atoms with Gasteiger partial charge in [0.1, 0.15) is 10.7 Å². The summed E-state index contributed by atoms with van der Waals surface area (Å²) in [5, 5.41) is 2.70. The van der Waals surface area contributed by atoms with Crippen LogP contribution in [0.2, 0.25) is 5.15 Å². The van der Waals surface area contributed by atoms with Crippen LogP contribution in [-0.2, 0) is 4.74 Å². The summed E-state index contributed by atoms with van der Waals surface area (Å²) in [6, 6.07) is 8.83. The minimum atomic E-state index is -0.578. The molecule has 7 heteroatoms. The molecule has 2 aromatic rings. The molecule has 0 aliphatic rings. The number of carbonyl (C=O) groups excluding carboxylic acids is 2. The average Bonchev–Trinajstić information content (AvgIpc) is 2.47. The number of rotatable bonds is 3. The predicted octanol–water partition coefficient (Wildman–Crippen LogP) is 2.07. The highest BCUT2D eigenvalue weighted by atomic mass is 35.5. The van der Waals surface area contributed by atoms with Gasteiger partial charge in [-0.1, -0.05) is 11.6 Å². The van der Waals surface area contributed by atoms with Crippen LogP contribution >= 0.6 is 11.6 Å². The molecule has 0 aliphatic carbocycles. The Balaban J connectivity index is 2.16. The molecule has 6 nitrogen and oxygen atoms in total. The van der Waals surface area contributed by atoms with Crippen LogP contribution in [0.15, 0.2) is 41.2 Å². The zero-order valence-electron chi connectivity index (χ0n) is 11.0. The van der Waals surface area contributed by atoms with Crippen molar-refractivity contribution in [3.8, 4) is 0 Å². The first-order chi connectivity index (χ1) is 10.0. The Hall–Kier alpha value is -2.60. The van der Waals surface area contributed by atoms with E-state index in [2.05, 4.69) is 15.0 Å². The lowest BCUT2D eigenvalue weighted by Crippen LogP contribution is -2.22. The molecule has 0 atom stereocenters. The summed E-state index contributed by atoms with van der Waals surface area (Å²) in [6.45, 7) is 0. The predicted molar refractivity (Wildman–Crippen MR) is 77.8 cm³/mol. The van der Waals surface area contributed by atoms with Gasteiger partial charge >= 0.3 is 5.97 Å². The second-order valence-electron chi connectivity index (χ2n) is 4.07. The molecule has 21 heavy (non-hydrogen) atoms. The van der Waals surface area contributed by atoms with E-state index in [-0.39, 0.29) is 10.7 Å². The largest absolute Gasteiger partial charge is 0.465 e. The smallest absolute Gasteiger partial charge is 0.337 e. The lowest BCUT2D eigenvalue weighted by atomic mass is 10.2. The molecule has 0 aliphatic heterocycles. The molecule has 0 bridgehead atoms. The molecule has 1 heterocycles. The summed E-state index contributed by atoms with van der Waals surface area (Å²) >= 11 is 5.61. The number of ether oxygens (including phenoxy) is 1. The molecular weight excluding hydrogens is 296 g/mol. The van der Waals surface area contributed by atoms with Gasteiger partial charge in [0.15, 0.2) is 0 Å². The van der Waals surface area contributed by atoms with E-state index in [1.165, 1.54) is 43.5 Å². The summed E-state index contributed by atoms with van der Waals surface area (Å²) in [6.07, 6.45) is 0. The van der Waals surface area contributed by atoms with Crippen LogP contribution in [0.1, 0.15) is 20.7 Å². The number of nitrogens with one attached hydrogen (secondary N) is 2. The van der Waals surface area contributed by atoms with E-state index in [4.69, 9.17) is 11.6 Å². The van der Waals surface area contributed by atoms with Crippen molar-refractivity contribution >= 4 is 29.2 Å². The fourth-order valence-corrected chi connectivity index (χ4v) is 1.78. The number of pyridine rings is 1. The number of anilines is 1. The van der Waals surface area contributed by atoms with Crippen molar-refractivity contribution in [2.75, 3.05) is 12.4 Å². The lowest BCUT2D eigenvalue weighted by molar-refractivity contribution is 0.0600. The highest BCUT2D eigenvalue weighted by Crippen LogP contribution is 2.11. The van der Waals surface area contributed by atoms with Crippen molar-refractivity contribution in [1.82, 2.24) is 4.98 Å². The van der Waals surface area contributed by atoms with Crippen molar-refractivity contribution in [3.05, 3.63) is 63.0 Å². The Bertz CT molecular complexity index is 737. The second-order valence-corrected chi connectivity index (χ2v) is 4.48. The van der Waals surface area contributed by atoms with E-state index >= 15 is 0 Å². The normalized spacial score (nSPS) is 10.0. The fourth-order valence-electron chi connectivity index (χ4n) is 1.63. The molecule has 0 spiro atoms. The third kappa shape index (κ3) is 3.49.